The second kappa shape index (κ2) is 6.78. The molecule has 17 heavy (non-hydrogen) atoms. The number of carbonyl (C=O) groups excluding carboxylic acids is 1. The molecule has 3 N–H and O–H groups in total. The van der Waals surface area contributed by atoms with Crippen molar-refractivity contribution < 1.29 is 9.53 Å². The molecule has 4 heteroatoms. The second-order valence-corrected chi connectivity index (χ2v) is 4.03. The summed E-state index contributed by atoms with van der Waals surface area (Å²) in [6.07, 6.45) is 2.05. The van der Waals surface area contributed by atoms with Gasteiger partial charge in [-0.3, -0.25) is 4.79 Å². The van der Waals surface area contributed by atoms with Crippen molar-refractivity contribution in [3.63, 3.8) is 0 Å². The van der Waals surface area contributed by atoms with Crippen LogP contribution >= 0.6 is 0 Å². The van der Waals surface area contributed by atoms with E-state index in [1.807, 2.05) is 19.1 Å². The van der Waals surface area contributed by atoms with Gasteiger partial charge >= 0.3 is 0 Å². The predicted molar refractivity (Wildman–Crippen MR) is 69.0 cm³/mol. The molecule has 0 bridgehead atoms. The number of nitrogens with two attached hydrogens (primary N) is 1. The number of hydrogen-bond acceptors (Lipinski definition) is 3. The van der Waals surface area contributed by atoms with E-state index in [9.17, 15) is 4.79 Å². The molecular weight excluding hydrogens is 216 g/mol. The Morgan fingerprint density at radius 3 is 2.88 bits per heavy atom. The Balaban J connectivity index is 2.37. The SMILES string of the molecule is CCCCNC(=O)COc1ccc(C)cc1N. The van der Waals surface area contributed by atoms with Crippen molar-refractivity contribution in [2.24, 2.45) is 0 Å². The smallest absolute Gasteiger partial charge is 0.257 e. The maximum Gasteiger partial charge on any atom is 0.257 e. The van der Waals surface area contributed by atoms with E-state index in [1.54, 1.807) is 6.07 Å². The molecule has 1 aromatic rings. The van der Waals surface area contributed by atoms with Crippen LogP contribution in [0.5, 0.6) is 5.75 Å². The van der Waals surface area contributed by atoms with Gasteiger partial charge in [0.2, 0.25) is 0 Å². The van der Waals surface area contributed by atoms with E-state index in [4.69, 9.17) is 10.5 Å². The second-order valence-electron chi connectivity index (χ2n) is 4.03. The van der Waals surface area contributed by atoms with Gasteiger partial charge in [0.15, 0.2) is 6.61 Å². The first-order valence-electron chi connectivity index (χ1n) is 5.89. The number of ether oxygens (including phenoxy) is 1. The zero-order valence-electron chi connectivity index (χ0n) is 10.5. The zero-order valence-corrected chi connectivity index (χ0v) is 10.5. The quantitative estimate of drug-likeness (QED) is 0.585. The van der Waals surface area contributed by atoms with E-state index in [0.717, 1.165) is 18.4 Å². The Morgan fingerprint density at radius 2 is 2.24 bits per heavy atom. The van der Waals surface area contributed by atoms with Crippen molar-refractivity contribution in [3.05, 3.63) is 23.8 Å². The van der Waals surface area contributed by atoms with Gasteiger partial charge in [-0.05, 0) is 31.0 Å². The van der Waals surface area contributed by atoms with Crippen LogP contribution in [-0.4, -0.2) is 19.1 Å². The fourth-order valence-electron chi connectivity index (χ4n) is 1.40. The summed E-state index contributed by atoms with van der Waals surface area (Å²) in [5.74, 6) is 0.444. The third-order valence-electron chi connectivity index (χ3n) is 2.38. The molecule has 0 aliphatic carbocycles. The first-order chi connectivity index (χ1) is 8.13. The summed E-state index contributed by atoms with van der Waals surface area (Å²) in [6.45, 7) is 4.74. The number of nitrogens with one attached hydrogen (secondary N) is 1. The fraction of sp³-hybridized carbons (Fsp3) is 0.462. The first-order valence-corrected chi connectivity index (χ1v) is 5.89. The van der Waals surface area contributed by atoms with E-state index in [0.29, 0.717) is 18.0 Å². The van der Waals surface area contributed by atoms with Crippen molar-refractivity contribution in [1.29, 1.82) is 0 Å². The average Bonchev–Trinajstić information content (AvgIpc) is 2.28. The van der Waals surface area contributed by atoms with E-state index in [2.05, 4.69) is 12.2 Å². The van der Waals surface area contributed by atoms with Crippen molar-refractivity contribution in [2.45, 2.75) is 26.7 Å². The summed E-state index contributed by atoms with van der Waals surface area (Å²) in [4.78, 5) is 11.4. The normalized spacial score (nSPS) is 10.0. The van der Waals surface area contributed by atoms with Gasteiger partial charge in [0.25, 0.3) is 5.91 Å². The predicted octanol–water partition coefficient (Wildman–Crippen LogP) is 1.87. The van der Waals surface area contributed by atoms with Crippen molar-refractivity contribution in [1.82, 2.24) is 5.32 Å². The molecule has 0 aliphatic rings. The molecule has 1 aromatic carbocycles. The van der Waals surface area contributed by atoms with Crippen LogP contribution in [0.3, 0.4) is 0 Å². The summed E-state index contributed by atoms with van der Waals surface area (Å²) in [7, 11) is 0. The minimum Gasteiger partial charge on any atom is -0.482 e. The number of rotatable bonds is 6. The molecule has 0 unspecified atom stereocenters. The maximum absolute atomic E-state index is 11.4. The lowest BCUT2D eigenvalue weighted by Gasteiger charge is -2.09. The molecule has 0 saturated heterocycles. The molecule has 0 spiro atoms. The Bertz CT molecular complexity index is 378. The minimum absolute atomic E-state index is 0.0109. The minimum atomic E-state index is -0.113. The molecule has 0 heterocycles. The van der Waals surface area contributed by atoms with Crippen molar-refractivity contribution >= 4 is 11.6 Å². The van der Waals surface area contributed by atoms with E-state index < -0.39 is 0 Å². The highest BCUT2D eigenvalue weighted by Crippen LogP contribution is 2.21. The maximum atomic E-state index is 11.4. The number of benzene rings is 1. The van der Waals surface area contributed by atoms with Gasteiger partial charge in [0, 0.05) is 6.54 Å². The van der Waals surface area contributed by atoms with Crippen molar-refractivity contribution in [2.75, 3.05) is 18.9 Å². The lowest BCUT2D eigenvalue weighted by atomic mass is 10.2. The number of amides is 1. The molecule has 4 nitrogen and oxygen atoms in total. The Kier molecular flexibility index (Phi) is 5.33. The van der Waals surface area contributed by atoms with Crippen LogP contribution in [0.15, 0.2) is 18.2 Å². The van der Waals surface area contributed by atoms with Gasteiger partial charge in [-0.15, -0.1) is 0 Å². The zero-order chi connectivity index (χ0) is 12.7. The number of hydrogen-bond donors (Lipinski definition) is 2. The van der Waals surface area contributed by atoms with Crippen LogP contribution in [0, 0.1) is 6.92 Å². The standard InChI is InChI=1S/C13H20N2O2/c1-3-4-7-15-13(16)9-17-12-6-5-10(2)8-11(12)14/h5-6,8H,3-4,7,9,14H2,1-2H3,(H,15,16). The molecule has 0 aromatic heterocycles. The van der Waals surface area contributed by atoms with Crippen LogP contribution in [-0.2, 0) is 4.79 Å². The van der Waals surface area contributed by atoms with E-state index >= 15 is 0 Å². The van der Waals surface area contributed by atoms with Gasteiger partial charge in [-0.25, -0.2) is 0 Å². The first kappa shape index (κ1) is 13.4. The molecule has 0 saturated carbocycles. The molecule has 0 radical (unpaired) electrons. The van der Waals surface area contributed by atoms with Crippen LogP contribution in [0.2, 0.25) is 0 Å². The van der Waals surface area contributed by atoms with Crippen LogP contribution in [0.1, 0.15) is 25.3 Å². The number of anilines is 1. The monoisotopic (exact) mass is 236 g/mol. The molecule has 94 valence electrons. The van der Waals surface area contributed by atoms with Gasteiger partial charge in [-0.2, -0.15) is 0 Å². The average molecular weight is 236 g/mol. The van der Waals surface area contributed by atoms with Crippen molar-refractivity contribution in [3.8, 4) is 5.75 Å². The summed E-state index contributed by atoms with van der Waals surface area (Å²) in [5, 5.41) is 2.78. The van der Waals surface area contributed by atoms with E-state index in [1.165, 1.54) is 0 Å². The molecule has 0 aliphatic heterocycles. The van der Waals surface area contributed by atoms with Gasteiger partial charge in [-0.1, -0.05) is 19.4 Å². The van der Waals surface area contributed by atoms with Crippen LogP contribution < -0.4 is 15.8 Å². The summed E-state index contributed by atoms with van der Waals surface area (Å²) in [5.41, 5.74) is 7.41. The highest BCUT2D eigenvalue weighted by molar-refractivity contribution is 5.77. The third kappa shape index (κ3) is 4.76. The van der Waals surface area contributed by atoms with Crippen LogP contribution in [0.25, 0.3) is 0 Å². The van der Waals surface area contributed by atoms with Gasteiger partial charge in [0.05, 0.1) is 5.69 Å². The number of nitrogen functional groups attached to an aromatic ring is 1. The topological polar surface area (TPSA) is 64.3 Å². The molecular formula is C13H20N2O2. The Morgan fingerprint density at radius 1 is 1.47 bits per heavy atom. The largest absolute Gasteiger partial charge is 0.482 e. The summed E-state index contributed by atoms with van der Waals surface area (Å²) in [6, 6.07) is 5.51. The fourth-order valence-corrected chi connectivity index (χ4v) is 1.40. The lowest BCUT2D eigenvalue weighted by molar-refractivity contribution is -0.123. The lowest BCUT2D eigenvalue weighted by Crippen LogP contribution is -2.29. The number of aryl methyl sites for hydroxylation is 1. The molecule has 1 rings (SSSR count). The van der Waals surface area contributed by atoms with Crippen LogP contribution in [0.4, 0.5) is 5.69 Å². The highest BCUT2D eigenvalue weighted by Gasteiger charge is 2.04. The van der Waals surface area contributed by atoms with Gasteiger partial charge in [0.1, 0.15) is 5.75 Å². The molecule has 0 fully saturated rings. The molecule has 1 amide bonds. The Hall–Kier alpha value is -1.71. The summed E-state index contributed by atoms with van der Waals surface area (Å²) < 4.78 is 5.35. The summed E-state index contributed by atoms with van der Waals surface area (Å²) >= 11 is 0. The van der Waals surface area contributed by atoms with E-state index in [-0.39, 0.29) is 12.5 Å². The van der Waals surface area contributed by atoms with Gasteiger partial charge < -0.3 is 15.8 Å². The number of unbranched alkanes of at least 4 members (excludes halogenated alkanes) is 1. The highest BCUT2D eigenvalue weighted by atomic mass is 16.5. The number of carbonyl (C=O) groups is 1. The Labute approximate surface area is 102 Å². The third-order valence-corrected chi connectivity index (χ3v) is 2.38. The molecule has 0 atom stereocenters.